The molecule has 1 aliphatic rings. The lowest BCUT2D eigenvalue weighted by Crippen LogP contribution is -2.52. The van der Waals surface area contributed by atoms with Gasteiger partial charge >= 0.3 is 18.1 Å². The number of piperazine rings is 1. The van der Waals surface area contributed by atoms with Gasteiger partial charge in [0.2, 0.25) is 5.89 Å². The molecule has 7 nitrogen and oxygen atoms in total. The third kappa shape index (κ3) is 5.82. The molecule has 186 valence electrons. The summed E-state index contributed by atoms with van der Waals surface area (Å²) in [7, 11) is 0. The van der Waals surface area contributed by atoms with Crippen molar-refractivity contribution in [3.8, 4) is 11.5 Å². The Balaban J connectivity index is 1.56. The molecule has 0 spiro atoms. The smallest absolute Gasteiger partial charge is 0.413 e. The van der Waals surface area contributed by atoms with Crippen LogP contribution in [-0.4, -0.2) is 58.8 Å². The van der Waals surface area contributed by atoms with Gasteiger partial charge < -0.3 is 14.2 Å². The number of carbonyl (C=O) groups is 1. The number of rotatable bonds is 6. The largest absolute Gasteiger partial charge is 0.470 e. The topological polar surface area (TPSA) is 65.7 Å². The number of amides is 2. The van der Waals surface area contributed by atoms with Gasteiger partial charge in [0, 0.05) is 37.4 Å². The molecule has 0 saturated carbocycles. The number of aryl methyl sites for hydroxylation is 1. The molecule has 1 saturated heterocycles. The predicted octanol–water partition coefficient (Wildman–Crippen LogP) is 5.08. The fourth-order valence-electron chi connectivity index (χ4n) is 4.03. The summed E-state index contributed by atoms with van der Waals surface area (Å²) in [6.07, 6.45) is -3.84. The van der Waals surface area contributed by atoms with Crippen LogP contribution < -0.4 is 4.90 Å². The molecule has 0 N–H and O–H groups in total. The van der Waals surface area contributed by atoms with Gasteiger partial charge in [0.25, 0.3) is 0 Å². The van der Waals surface area contributed by atoms with Crippen molar-refractivity contribution in [2.45, 2.75) is 33.0 Å². The molecule has 2 aromatic carbocycles. The highest BCUT2D eigenvalue weighted by molar-refractivity contribution is 5.92. The summed E-state index contributed by atoms with van der Waals surface area (Å²) < 4.78 is 43.1. The Morgan fingerprint density at radius 2 is 1.71 bits per heavy atom. The fraction of sp³-hybridized carbons (Fsp3) is 0.400. The number of likely N-dealkylation sites (N-methyl/N-ethyl adjacent to an activating group) is 1. The molecule has 0 atom stereocenters. The molecule has 2 amide bonds. The SMILES string of the molecule is CCc1cccc(N(Cc2ccc(-c3nnc(C(F)(F)F)o3)cc2)C(=O)N2CCN(CC)CC2)c1. The van der Waals surface area contributed by atoms with Crippen molar-refractivity contribution in [2.75, 3.05) is 37.6 Å². The first-order valence-corrected chi connectivity index (χ1v) is 11.7. The van der Waals surface area contributed by atoms with E-state index >= 15 is 0 Å². The van der Waals surface area contributed by atoms with E-state index in [4.69, 9.17) is 4.42 Å². The van der Waals surface area contributed by atoms with Crippen LogP contribution in [0.5, 0.6) is 0 Å². The number of anilines is 1. The van der Waals surface area contributed by atoms with Gasteiger partial charge in [0.05, 0.1) is 6.54 Å². The van der Waals surface area contributed by atoms with Crippen LogP contribution in [0.3, 0.4) is 0 Å². The van der Waals surface area contributed by atoms with Crippen molar-refractivity contribution in [3.63, 3.8) is 0 Å². The van der Waals surface area contributed by atoms with Crippen LogP contribution in [0, 0.1) is 0 Å². The average Bonchev–Trinajstić information content (AvgIpc) is 3.38. The maximum Gasteiger partial charge on any atom is 0.470 e. The van der Waals surface area contributed by atoms with Crippen molar-refractivity contribution in [1.82, 2.24) is 20.0 Å². The Morgan fingerprint density at radius 3 is 2.31 bits per heavy atom. The van der Waals surface area contributed by atoms with E-state index in [0.29, 0.717) is 25.2 Å². The number of hydrogen-bond acceptors (Lipinski definition) is 5. The lowest BCUT2D eigenvalue weighted by Gasteiger charge is -2.37. The molecule has 1 aliphatic heterocycles. The summed E-state index contributed by atoms with van der Waals surface area (Å²) in [4.78, 5) is 19.5. The second kappa shape index (κ2) is 10.5. The van der Waals surface area contributed by atoms with E-state index in [0.717, 1.165) is 42.9 Å². The number of benzene rings is 2. The standard InChI is InChI=1S/C25H28F3N5O2/c1-3-18-6-5-7-21(16-18)33(24(34)32-14-12-31(4-2)13-15-32)17-19-8-10-20(11-9-19)22-29-30-23(35-22)25(26,27)28/h5-11,16H,3-4,12-15,17H2,1-2H3. The van der Waals surface area contributed by atoms with Crippen molar-refractivity contribution in [3.05, 3.63) is 65.5 Å². The molecule has 1 fully saturated rings. The Morgan fingerprint density at radius 1 is 1.00 bits per heavy atom. The summed E-state index contributed by atoms with van der Waals surface area (Å²) in [5.74, 6) is -1.59. The van der Waals surface area contributed by atoms with Crippen molar-refractivity contribution < 1.29 is 22.4 Å². The number of aromatic nitrogens is 2. The molecular formula is C25H28F3N5O2. The molecule has 0 bridgehead atoms. The maximum atomic E-state index is 13.6. The molecule has 0 aliphatic carbocycles. The monoisotopic (exact) mass is 487 g/mol. The van der Waals surface area contributed by atoms with Gasteiger partial charge in [-0.25, -0.2) is 4.79 Å². The summed E-state index contributed by atoms with van der Waals surface area (Å²) in [5.41, 5.74) is 3.14. The van der Waals surface area contributed by atoms with E-state index in [1.165, 1.54) is 0 Å². The Kier molecular flexibility index (Phi) is 7.39. The van der Waals surface area contributed by atoms with E-state index < -0.39 is 12.1 Å². The minimum atomic E-state index is -4.69. The maximum absolute atomic E-state index is 13.6. The third-order valence-electron chi connectivity index (χ3n) is 6.16. The summed E-state index contributed by atoms with van der Waals surface area (Å²) in [6, 6.07) is 14.6. The highest BCUT2D eigenvalue weighted by Gasteiger charge is 2.38. The molecule has 3 aromatic rings. The van der Waals surface area contributed by atoms with Crippen LogP contribution in [0.15, 0.2) is 52.9 Å². The third-order valence-corrected chi connectivity index (χ3v) is 6.16. The zero-order valence-corrected chi connectivity index (χ0v) is 19.8. The van der Waals surface area contributed by atoms with Crippen LogP contribution in [0.4, 0.5) is 23.7 Å². The normalized spacial score (nSPS) is 14.8. The number of hydrogen-bond donors (Lipinski definition) is 0. The second-order valence-electron chi connectivity index (χ2n) is 8.42. The zero-order valence-electron chi connectivity index (χ0n) is 19.8. The first kappa shape index (κ1) is 24.7. The van der Waals surface area contributed by atoms with Gasteiger partial charge in [-0.2, -0.15) is 13.2 Å². The lowest BCUT2D eigenvalue weighted by molar-refractivity contribution is -0.156. The molecule has 4 rings (SSSR count). The first-order chi connectivity index (χ1) is 16.8. The first-order valence-electron chi connectivity index (χ1n) is 11.7. The zero-order chi connectivity index (χ0) is 25.0. The number of halogens is 3. The number of carbonyl (C=O) groups excluding carboxylic acids is 1. The molecule has 0 radical (unpaired) electrons. The van der Waals surface area contributed by atoms with Gasteiger partial charge in [-0.15, -0.1) is 10.2 Å². The quantitative estimate of drug-likeness (QED) is 0.485. The minimum Gasteiger partial charge on any atom is -0.413 e. The molecular weight excluding hydrogens is 459 g/mol. The van der Waals surface area contributed by atoms with Crippen molar-refractivity contribution in [2.24, 2.45) is 0 Å². The molecule has 0 unspecified atom stereocenters. The van der Waals surface area contributed by atoms with Crippen LogP contribution >= 0.6 is 0 Å². The summed E-state index contributed by atoms with van der Waals surface area (Å²) in [6.45, 7) is 8.45. The Labute approximate surface area is 202 Å². The average molecular weight is 488 g/mol. The van der Waals surface area contributed by atoms with Crippen molar-refractivity contribution >= 4 is 11.7 Å². The van der Waals surface area contributed by atoms with Crippen LogP contribution in [0.2, 0.25) is 0 Å². The molecule has 35 heavy (non-hydrogen) atoms. The Bertz CT molecular complexity index is 1140. The minimum absolute atomic E-state index is 0.0650. The number of nitrogens with zero attached hydrogens (tertiary/aromatic N) is 5. The van der Waals surface area contributed by atoms with Gasteiger partial charge in [-0.1, -0.05) is 38.1 Å². The van der Waals surface area contributed by atoms with E-state index in [9.17, 15) is 18.0 Å². The highest BCUT2D eigenvalue weighted by atomic mass is 19.4. The van der Waals surface area contributed by atoms with E-state index in [1.807, 2.05) is 29.2 Å². The van der Waals surface area contributed by atoms with Gasteiger partial charge in [0.15, 0.2) is 0 Å². The van der Waals surface area contributed by atoms with Crippen molar-refractivity contribution in [1.29, 1.82) is 0 Å². The molecule has 2 heterocycles. The van der Waals surface area contributed by atoms with Gasteiger partial charge in [0.1, 0.15) is 0 Å². The second-order valence-corrected chi connectivity index (χ2v) is 8.42. The molecule has 10 heteroatoms. The van der Waals surface area contributed by atoms with E-state index in [-0.39, 0.29) is 11.9 Å². The highest BCUT2D eigenvalue weighted by Crippen LogP contribution is 2.30. The lowest BCUT2D eigenvalue weighted by atomic mass is 10.1. The van der Waals surface area contributed by atoms with Gasteiger partial charge in [-0.3, -0.25) is 4.90 Å². The summed E-state index contributed by atoms with van der Waals surface area (Å²) in [5, 5.41) is 6.57. The van der Waals surface area contributed by atoms with Crippen LogP contribution in [-0.2, 0) is 19.1 Å². The van der Waals surface area contributed by atoms with Gasteiger partial charge in [-0.05, 0) is 48.4 Å². The van der Waals surface area contributed by atoms with E-state index in [2.05, 4.69) is 28.9 Å². The summed E-state index contributed by atoms with van der Waals surface area (Å²) >= 11 is 0. The van der Waals surface area contributed by atoms with E-state index in [1.54, 1.807) is 29.2 Å². The van der Waals surface area contributed by atoms with Crippen LogP contribution in [0.1, 0.15) is 30.9 Å². The number of alkyl halides is 3. The Hall–Kier alpha value is -3.40. The predicted molar refractivity (Wildman–Crippen MR) is 126 cm³/mol. The fourth-order valence-corrected chi connectivity index (χ4v) is 4.03. The van der Waals surface area contributed by atoms with Crippen LogP contribution in [0.25, 0.3) is 11.5 Å². The number of urea groups is 1. The molecule has 1 aromatic heterocycles.